The normalized spacial score (nSPS) is 15.3. The summed E-state index contributed by atoms with van der Waals surface area (Å²) in [6.07, 6.45) is 8.64. The second kappa shape index (κ2) is 9.69. The Balaban J connectivity index is 1.46. The zero-order chi connectivity index (χ0) is 21.5. The van der Waals surface area contributed by atoms with Gasteiger partial charge in [-0.1, -0.05) is 37.5 Å². The highest BCUT2D eigenvalue weighted by molar-refractivity contribution is 5.99. The van der Waals surface area contributed by atoms with E-state index in [2.05, 4.69) is 10.4 Å². The van der Waals surface area contributed by atoms with Crippen molar-refractivity contribution in [2.45, 2.75) is 44.1 Å². The van der Waals surface area contributed by atoms with Gasteiger partial charge in [0.1, 0.15) is 18.1 Å². The summed E-state index contributed by atoms with van der Waals surface area (Å²) in [5.41, 5.74) is 1.29. The molecule has 1 amide bonds. The van der Waals surface area contributed by atoms with E-state index in [-0.39, 0.29) is 5.91 Å². The summed E-state index contributed by atoms with van der Waals surface area (Å²) in [4.78, 5) is 13.5. The van der Waals surface area contributed by atoms with Crippen molar-refractivity contribution < 1.29 is 14.3 Å². The minimum Gasteiger partial charge on any atom is -0.497 e. The number of amides is 1. The van der Waals surface area contributed by atoms with Crippen LogP contribution in [0.3, 0.4) is 0 Å². The van der Waals surface area contributed by atoms with E-state index in [4.69, 9.17) is 9.47 Å². The summed E-state index contributed by atoms with van der Waals surface area (Å²) >= 11 is 0. The van der Waals surface area contributed by atoms with Crippen molar-refractivity contribution in [2.75, 3.05) is 19.0 Å². The SMILES string of the molecule is COc1ccc(C2(C(=O)Nc3cccc(OCCn4cccn4)c3)CCCCC2)cc1. The predicted octanol–water partition coefficient (Wildman–Crippen LogP) is 4.81. The second-order valence-corrected chi connectivity index (χ2v) is 7.97. The molecule has 4 rings (SSSR count). The molecule has 0 atom stereocenters. The minimum absolute atomic E-state index is 0.0473. The van der Waals surface area contributed by atoms with Crippen LogP contribution in [0.1, 0.15) is 37.7 Å². The molecule has 6 nitrogen and oxygen atoms in total. The molecule has 1 heterocycles. The molecule has 162 valence electrons. The topological polar surface area (TPSA) is 65.4 Å². The zero-order valence-corrected chi connectivity index (χ0v) is 17.9. The molecule has 31 heavy (non-hydrogen) atoms. The number of benzene rings is 2. The number of hydrogen-bond donors (Lipinski definition) is 1. The van der Waals surface area contributed by atoms with Crippen molar-refractivity contribution in [1.29, 1.82) is 0 Å². The highest BCUT2D eigenvalue weighted by Gasteiger charge is 2.41. The molecule has 0 spiro atoms. The molecule has 1 aliphatic rings. The van der Waals surface area contributed by atoms with Gasteiger partial charge in [-0.15, -0.1) is 0 Å². The van der Waals surface area contributed by atoms with E-state index in [9.17, 15) is 4.79 Å². The molecule has 0 unspecified atom stereocenters. The number of carbonyl (C=O) groups is 1. The van der Waals surface area contributed by atoms with Gasteiger partial charge in [0.15, 0.2) is 0 Å². The first-order chi connectivity index (χ1) is 15.2. The Bertz CT molecular complexity index is 978. The number of ether oxygens (including phenoxy) is 2. The molecule has 1 aromatic heterocycles. The van der Waals surface area contributed by atoms with Crippen molar-refractivity contribution in [3.63, 3.8) is 0 Å². The zero-order valence-electron chi connectivity index (χ0n) is 17.9. The lowest BCUT2D eigenvalue weighted by molar-refractivity contribution is -0.122. The Morgan fingerprint density at radius 1 is 1.06 bits per heavy atom. The monoisotopic (exact) mass is 419 g/mol. The van der Waals surface area contributed by atoms with E-state index < -0.39 is 5.41 Å². The van der Waals surface area contributed by atoms with Crippen molar-refractivity contribution in [3.05, 3.63) is 72.6 Å². The van der Waals surface area contributed by atoms with Crippen LogP contribution in [-0.2, 0) is 16.8 Å². The van der Waals surface area contributed by atoms with Crippen LogP contribution in [0.4, 0.5) is 5.69 Å². The summed E-state index contributed by atoms with van der Waals surface area (Å²) < 4.78 is 13.0. The molecule has 1 N–H and O–H groups in total. The molecule has 0 radical (unpaired) electrons. The molecular weight excluding hydrogens is 390 g/mol. The number of nitrogens with zero attached hydrogens (tertiary/aromatic N) is 2. The van der Waals surface area contributed by atoms with Gasteiger partial charge in [0, 0.05) is 24.1 Å². The van der Waals surface area contributed by atoms with Crippen molar-refractivity contribution in [1.82, 2.24) is 9.78 Å². The summed E-state index contributed by atoms with van der Waals surface area (Å²) in [7, 11) is 1.65. The molecule has 0 bridgehead atoms. The van der Waals surface area contributed by atoms with Crippen LogP contribution < -0.4 is 14.8 Å². The van der Waals surface area contributed by atoms with Crippen LogP contribution in [-0.4, -0.2) is 29.4 Å². The quantitative estimate of drug-likeness (QED) is 0.569. The standard InChI is InChI=1S/C25H29N3O3/c1-30-22-11-9-20(10-12-22)25(13-3-2-4-14-25)24(29)27-21-7-5-8-23(19-21)31-18-17-28-16-6-15-26-28/h5-12,15-16,19H,2-4,13-14,17-18H2,1H3,(H,27,29). The average Bonchev–Trinajstić information content (AvgIpc) is 3.33. The third kappa shape index (κ3) is 4.90. The first-order valence-corrected chi connectivity index (χ1v) is 10.9. The fourth-order valence-corrected chi connectivity index (χ4v) is 4.32. The number of rotatable bonds is 8. The lowest BCUT2D eigenvalue weighted by Gasteiger charge is -2.36. The van der Waals surface area contributed by atoms with Crippen molar-refractivity contribution in [3.8, 4) is 11.5 Å². The molecular formula is C25H29N3O3. The molecule has 2 aromatic carbocycles. The Kier molecular flexibility index (Phi) is 6.55. The number of anilines is 1. The van der Waals surface area contributed by atoms with Gasteiger partial charge in [-0.2, -0.15) is 5.10 Å². The van der Waals surface area contributed by atoms with Crippen LogP contribution in [0.2, 0.25) is 0 Å². The lowest BCUT2D eigenvalue weighted by atomic mass is 9.68. The fraction of sp³-hybridized carbons (Fsp3) is 0.360. The number of aromatic nitrogens is 2. The van der Waals surface area contributed by atoms with Gasteiger partial charge < -0.3 is 14.8 Å². The Morgan fingerprint density at radius 3 is 2.58 bits per heavy atom. The van der Waals surface area contributed by atoms with E-state index >= 15 is 0 Å². The Labute approximate surface area is 183 Å². The van der Waals surface area contributed by atoms with Gasteiger partial charge in [-0.3, -0.25) is 9.48 Å². The van der Waals surface area contributed by atoms with Crippen molar-refractivity contribution >= 4 is 11.6 Å². The van der Waals surface area contributed by atoms with E-state index in [1.54, 1.807) is 13.3 Å². The van der Waals surface area contributed by atoms with Gasteiger partial charge in [-0.05, 0) is 48.7 Å². The smallest absolute Gasteiger partial charge is 0.235 e. The van der Waals surface area contributed by atoms with Gasteiger partial charge in [0.25, 0.3) is 0 Å². The van der Waals surface area contributed by atoms with Crippen LogP contribution in [0, 0.1) is 0 Å². The van der Waals surface area contributed by atoms with Crippen LogP contribution in [0.25, 0.3) is 0 Å². The highest BCUT2D eigenvalue weighted by Crippen LogP contribution is 2.41. The second-order valence-electron chi connectivity index (χ2n) is 7.97. The maximum Gasteiger partial charge on any atom is 0.235 e. The third-order valence-electron chi connectivity index (χ3n) is 6.02. The first-order valence-electron chi connectivity index (χ1n) is 10.9. The molecule has 1 fully saturated rings. The number of nitrogens with one attached hydrogen (secondary N) is 1. The highest BCUT2D eigenvalue weighted by atomic mass is 16.5. The fourth-order valence-electron chi connectivity index (χ4n) is 4.32. The van der Waals surface area contributed by atoms with E-state index in [1.165, 1.54) is 6.42 Å². The maximum absolute atomic E-state index is 13.5. The van der Waals surface area contributed by atoms with Crippen molar-refractivity contribution in [2.24, 2.45) is 0 Å². The van der Waals surface area contributed by atoms with Crippen LogP contribution in [0.5, 0.6) is 11.5 Å². The average molecular weight is 420 g/mol. The van der Waals surface area contributed by atoms with Gasteiger partial charge >= 0.3 is 0 Å². The summed E-state index contributed by atoms with van der Waals surface area (Å²) in [6.45, 7) is 1.18. The summed E-state index contributed by atoms with van der Waals surface area (Å²) in [5, 5.41) is 7.33. The molecule has 3 aromatic rings. The third-order valence-corrected chi connectivity index (χ3v) is 6.02. The maximum atomic E-state index is 13.5. The summed E-state index contributed by atoms with van der Waals surface area (Å²) in [6, 6.07) is 17.4. The van der Waals surface area contributed by atoms with E-state index in [0.29, 0.717) is 13.2 Å². The molecule has 1 saturated carbocycles. The first kappa shape index (κ1) is 21.0. The molecule has 1 aliphatic carbocycles. The number of methoxy groups -OCH3 is 1. The van der Waals surface area contributed by atoms with Crippen LogP contribution in [0.15, 0.2) is 67.0 Å². The molecule has 0 saturated heterocycles. The lowest BCUT2D eigenvalue weighted by Crippen LogP contribution is -2.42. The summed E-state index contributed by atoms with van der Waals surface area (Å²) in [5.74, 6) is 1.58. The molecule has 6 heteroatoms. The largest absolute Gasteiger partial charge is 0.497 e. The molecule has 0 aliphatic heterocycles. The van der Waals surface area contributed by atoms with Gasteiger partial charge in [0.05, 0.1) is 19.1 Å². The predicted molar refractivity (Wildman–Crippen MR) is 121 cm³/mol. The van der Waals surface area contributed by atoms with E-state index in [1.807, 2.05) is 65.5 Å². The number of carbonyl (C=O) groups excluding carboxylic acids is 1. The van der Waals surface area contributed by atoms with Crippen LogP contribution >= 0.6 is 0 Å². The van der Waals surface area contributed by atoms with Gasteiger partial charge in [-0.25, -0.2) is 0 Å². The number of hydrogen-bond acceptors (Lipinski definition) is 4. The Hall–Kier alpha value is -3.28. The van der Waals surface area contributed by atoms with Gasteiger partial charge in [0.2, 0.25) is 5.91 Å². The Morgan fingerprint density at radius 2 is 1.87 bits per heavy atom. The van der Waals surface area contributed by atoms with E-state index in [0.717, 1.165) is 48.4 Å². The minimum atomic E-state index is -0.512.